The molecule has 0 aliphatic rings. The van der Waals surface area contributed by atoms with Gasteiger partial charge in [0.1, 0.15) is 17.8 Å². The zero-order chi connectivity index (χ0) is 28.5. The third-order valence-electron chi connectivity index (χ3n) is 6.08. The summed E-state index contributed by atoms with van der Waals surface area (Å²) in [4.78, 5) is 11.9. The number of sulfonamides is 1. The Bertz CT molecular complexity index is 1870. The second-order valence-corrected chi connectivity index (χ2v) is 10.3. The molecule has 0 saturated carbocycles. The predicted octanol–water partition coefficient (Wildman–Crippen LogP) is 6.12. The van der Waals surface area contributed by atoms with Crippen molar-refractivity contribution in [2.45, 2.75) is 11.1 Å². The topological polar surface area (TPSA) is 109 Å². The van der Waals surface area contributed by atoms with E-state index >= 15 is 0 Å². The van der Waals surface area contributed by atoms with Gasteiger partial charge in [0.05, 0.1) is 29.2 Å². The van der Waals surface area contributed by atoms with Crippen LogP contribution in [-0.2, 0) is 16.2 Å². The molecule has 3 aromatic carbocycles. The molecule has 0 amide bonds. The zero-order valence-electron chi connectivity index (χ0n) is 20.7. The van der Waals surface area contributed by atoms with Gasteiger partial charge in [-0.2, -0.15) is 18.4 Å². The summed E-state index contributed by atoms with van der Waals surface area (Å²) in [5, 5.41) is 11.3. The maximum Gasteiger partial charge on any atom is 0.416 e. The van der Waals surface area contributed by atoms with Crippen LogP contribution in [0.15, 0.2) is 96.5 Å². The van der Waals surface area contributed by atoms with Gasteiger partial charge in [-0.3, -0.25) is 4.98 Å². The molecule has 0 saturated heterocycles. The number of pyridine rings is 1. The standard InChI is InChI=1S/C28H18F3N5O3S/c1-39-26-14-24(19-3-2-4-22(11-19)28(29,30)31)21(15-32)13-25(26)36(27-8-10-34-17-35-27)40(37,38)23-6-5-20-16-33-9-7-18(20)12-23/h2-14,16-17H,1H3. The van der Waals surface area contributed by atoms with E-state index in [2.05, 4.69) is 15.0 Å². The fourth-order valence-corrected chi connectivity index (χ4v) is 5.67. The number of alkyl halides is 3. The summed E-state index contributed by atoms with van der Waals surface area (Å²) in [6, 6.07) is 16.6. The van der Waals surface area contributed by atoms with Crippen LogP contribution in [0.1, 0.15) is 11.1 Å². The molecule has 0 atom stereocenters. The van der Waals surface area contributed by atoms with Crippen LogP contribution in [0, 0.1) is 11.3 Å². The SMILES string of the molecule is COc1cc(-c2cccc(C(F)(F)F)c2)c(C#N)cc1N(c1ccncn1)S(=O)(=O)c1ccc2cnccc2c1. The highest BCUT2D eigenvalue weighted by molar-refractivity contribution is 7.93. The molecule has 0 bridgehead atoms. The summed E-state index contributed by atoms with van der Waals surface area (Å²) in [5.74, 6) is -0.0579. The lowest BCUT2D eigenvalue weighted by Crippen LogP contribution is -2.27. The predicted molar refractivity (Wildman–Crippen MR) is 141 cm³/mol. The van der Waals surface area contributed by atoms with Crippen LogP contribution in [0.4, 0.5) is 24.7 Å². The Morgan fingerprint density at radius 2 is 1.75 bits per heavy atom. The van der Waals surface area contributed by atoms with Crippen molar-refractivity contribution in [1.82, 2.24) is 15.0 Å². The third kappa shape index (κ3) is 4.90. The van der Waals surface area contributed by atoms with E-state index in [0.29, 0.717) is 5.39 Å². The molecule has 2 aromatic heterocycles. The van der Waals surface area contributed by atoms with Crippen LogP contribution >= 0.6 is 0 Å². The normalized spacial score (nSPS) is 11.7. The van der Waals surface area contributed by atoms with Crippen molar-refractivity contribution in [3.05, 3.63) is 103 Å². The highest BCUT2D eigenvalue weighted by Crippen LogP contribution is 2.42. The maximum absolute atomic E-state index is 14.1. The summed E-state index contributed by atoms with van der Waals surface area (Å²) in [6.07, 6.45) is 1.06. The second-order valence-electron chi connectivity index (χ2n) is 8.48. The van der Waals surface area contributed by atoms with Crippen LogP contribution in [-0.4, -0.2) is 30.5 Å². The number of rotatable bonds is 6. The quantitative estimate of drug-likeness (QED) is 0.246. The first-order valence-electron chi connectivity index (χ1n) is 11.6. The molecule has 0 unspecified atom stereocenters. The van der Waals surface area contributed by atoms with Crippen molar-refractivity contribution in [3.8, 4) is 22.9 Å². The second kappa shape index (κ2) is 10.3. The molecule has 0 N–H and O–H groups in total. The van der Waals surface area contributed by atoms with Gasteiger partial charge in [0.25, 0.3) is 10.0 Å². The van der Waals surface area contributed by atoms with E-state index in [4.69, 9.17) is 4.74 Å². The van der Waals surface area contributed by atoms with Gasteiger partial charge >= 0.3 is 6.18 Å². The lowest BCUT2D eigenvalue weighted by Gasteiger charge is -2.26. The Morgan fingerprint density at radius 3 is 2.45 bits per heavy atom. The number of hydrogen-bond acceptors (Lipinski definition) is 7. The molecule has 8 nitrogen and oxygen atoms in total. The van der Waals surface area contributed by atoms with Gasteiger partial charge in [-0.1, -0.05) is 18.2 Å². The molecular formula is C28H18F3N5O3S. The highest BCUT2D eigenvalue weighted by atomic mass is 32.2. The van der Waals surface area contributed by atoms with Crippen molar-refractivity contribution >= 4 is 32.3 Å². The monoisotopic (exact) mass is 561 g/mol. The number of anilines is 2. The largest absolute Gasteiger partial charge is 0.495 e. The smallest absolute Gasteiger partial charge is 0.416 e. The minimum atomic E-state index is -4.60. The Morgan fingerprint density at radius 1 is 0.950 bits per heavy atom. The highest BCUT2D eigenvalue weighted by Gasteiger charge is 2.33. The Balaban J connectivity index is 1.74. The molecular weight excluding hydrogens is 543 g/mol. The first-order chi connectivity index (χ1) is 19.1. The Hall–Kier alpha value is -5.02. The van der Waals surface area contributed by atoms with E-state index in [1.165, 1.54) is 68.3 Å². The molecule has 0 aliphatic carbocycles. The lowest BCUT2D eigenvalue weighted by molar-refractivity contribution is -0.137. The van der Waals surface area contributed by atoms with Crippen molar-refractivity contribution in [2.24, 2.45) is 0 Å². The van der Waals surface area contributed by atoms with Crippen molar-refractivity contribution in [3.63, 3.8) is 0 Å². The molecule has 40 heavy (non-hydrogen) atoms. The lowest BCUT2D eigenvalue weighted by atomic mass is 9.97. The van der Waals surface area contributed by atoms with Crippen molar-refractivity contribution in [2.75, 3.05) is 11.4 Å². The number of nitrogens with zero attached hydrogens (tertiary/aromatic N) is 5. The first kappa shape index (κ1) is 26.6. The van der Waals surface area contributed by atoms with E-state index in [-0.39, 0.29) is 38.8 Å². The molecule has 5 aromatic rings. The minimum absolute atomic E-state index is 0.0152. The summed E-state index contributed by atoms with van der Waals surface area (Å²) in [7, 11) is -3.09. The molecule has 200 valence electrons. The fourth-order valence-electron chi connectivity index (χ4n) is 4.19. The van der Waals surface area contributed by atoms with Crippen LogP contribution < -0.4 is 9.04 Å². The van der Waals surface area contributed by atoms with Crippen LogP contribution in [0.25, 0.3) is 21.9 Å². The summed E-state index contributed by atoms with van der Waals surface area (Å²) < 4.78 is 74.9. The molecule has 0 radical (unpaired) electrons. The summed E-state index contributed by atoms with van der Waals surface area (Å²) in [5.41, 5.74) is -0.797. The molecule has 0 spiro atoms. The molecule has 5 rings (SSSR count). The first-order valence-corrected chi connectivity index (χ1v) is 13.0. The number of methoxy groups -OCH3 is 1. The average Bonchev–Trinajstić information content (AvgIpc) is 2.96. The van der Waals surface area contributed by atoms with Gasteiger partial charge in [0, 0.05) is 35.6 Å². The number of halogens is 3. The van der Waals surface area contributed by atoms with Crippen molar-refractivity contribution in [1.29, 1.82) is 5.26 Å². The van der Waals surface area contributed by atoms with Gasteiger partial charge in [0.2, 0.25) is 0 Å². The maximum atomic E-state index is 14.1. The van der Waals surface area contributed by atoms with Gasteiger partial charge < -0.3 is 4.74 Å². The van der Waals surface area contributed by atoms with Crippen LogP contribution in [0.3, 0.4) is 0 Å². The van der Waals surface area contributed by atoms with Crippen molar-refractivity contribution < 1.29 is 26.3 Å². The average molecular weight is 562 g/mol. The van der Waals surface area contributed by atoms with E-state index in [1.807, 2.05) is 6.07 Å². The Labute approximate surface area is 227 Å². The van der Waals surface area contributed by atoms with Gasteiger partial charge in [-0.25, -0.2) is 22.7 Å². The molecule has 0 fully saturated rings. The molecule has 2 heterocycles. The van der Waals surface area contributed by atoms with Gasteiger partial charge in [0.15, 0.2) is 5.82 Å². The number of hydrogen-bond donors (Lipinski definition) is 0. The third-order valence-corrected chi connectivity index (χ3v) is 7.80. The molecule has 0 aliphatic heterocycles. The van der Waals surface area contributed by atoms with E-state index in [0.717, 1.165) is 21.8 Å². The van der Waals surface area contributed by atoms with E-state index in [9.17, 15) is 26.9 Å². The Kier molecular flexibility index (Phi) is 6.83. The number of fused-ring (bicyclic) bond motifs is 1. The van der Waals surface area contributed by atoms with Gasteiger partial charge in [-0.15, -0.1) is 0 Å². The van der Waals surface area contributed by atoms with Gasteiger partial charge in [-0.05, 0) is 53.4 Å². The summed E-state index contributed by atoms with van der Waals surface area (Å²) >= 11 is 0. The minimum Gasteiger partial charge on any atom is -0.495 e. The van der Waals surface area contributed by atoms with E-state index in [1.54, 1.807) is 18.3 Å². The number of ether oxygens (including phenoxy) is 1. The summed E-state index contributed by atoms with van der Waals surface area (Å²) in [6.45, 7) is 0. The van der Waals surface area contributed by atoms with Crippen LogP contribution in [0.5, 0.6) is 5.75 Å². The number of nitriles is 1. The molecule has 12 heteroatoms. The zero-order valence-corrected chi connectivity index (χ0v) is 21.5. The fraction of sp³-hybridized carbons (Fsp3) is 0.0714. The van der Waals surface area contributed by atoms with E-state index < -0.39 is 21.8 Å². The number of benzene rings is 3. The number of aromatic nitrogens is 3. The van der Waals surface area contributed by atoms with Crippen LogP contribution in [0.2, 0.25) is 0 Å².